The quantitative estimate of drug-likeness (QED) is 0.528. The molecule has 0 N–H and O–H groups in total. The molecule has 0 amide bonds. The fourth-order valence-corrected chi connectivity index (χ4v) is 0.585. The summed E-state index contributed by atoms with van der Waals surface area (Å²) in [7, 11) is 0. The van der Waals surface area contributed by atoms with Crippen molar-refractivity contribution in [1.82, 2.24) is 0 Å². The predicted molar refractivity (Wildman–Crippen MR) is 43.7 cm³/mol. The van der Waals surface area contributed by atoms with Gasteiger partial charge in [-0.1, -0.05) is 24.8 Å². The van der Waals surface area contributed by atoms with Gasteiger partial charge in [0.05, 0.1) is 0 Å². The molecule has 0 nitrogen and oxygen atoms in total. The first-order chi connectivity index (χ1) is 4.72. The average molecular weight is 140 g/mol. The molecule has 0 radical (unpaired) electrons. The van der Waals surface area contributed by atoms with Crippen molar-refractivity contribution in [1.29, 1.82) is 0 Å². The van der Waals surface area contributed by atoms with E-state index in [2.05, 4.69) is 6.58 Å². The molecule has 0 rings (SSSR count). The van der Waals surface area contributed by atoms with Gasteiger partial charge in [0.1, 0.15) is 6.67 Å². The van der Waals surface area contributed by atoms with Gasteiger partial charge in [-0.25, -0.2) is 4.39 Å². The molecule has 0 spiro atoms. The van der Waals surface area contributed by atoms with E-state index in [1.165, 1.54) is 0 Å². The lowest BCUT2D eigenvalue weighted by molar-refractivity contribution is 0.560. The molecule has 0 aliphatic rings. The normalized spacial score (nSPS) is 13.5. The van der Waals surface area contributed by atoms with Crippen LogP contribution in [0.25, 0.3) is 0 Å². The van der Waals surface area contributed by atoms with Gasteiger partial charge in [0.25, 0.3) is 0 Å². The standard InChI is InChI=1S/C9H13F/c1-4-5-8(2)9(3)6-7-10/h4-6H,1,7H2,2-3H3/b8-5-,9-6-. The molecule has 0 atom stereocenters. The van der Waals surface area contributed by atoms with Crippen molar-refractivity contribution >= 4 is 0 Å². The molecule has 10 heavy (non-hydrogen) atoms. The molecule has 0 aromatic carbocycles. The zero-order chi connectivity index (χ0) is 7.98. The third-order valence-electron chi connectivity index (χ3n) is 1.37. The number of hydrogen-bond donors (Lipinski definition) is 0. The van der Waals surface area contributed by atoms with Crippen LogP contribution in [-0.4, -0.2) is 6.67 Å². The average Bonchev–Trinajstić information content (AvgIpc) is 1.89. The van der Waals surface area contributed by atoms with Gasteiger partial charge in [0.2, 0.25) is 0 Å². The van der Waals surface area contributed by atoms with Crippen LogP contribution in [0.4, 0.5) is 4.39 Å². The van der Waals surface area contributed by atoms with Crippen LogP contribution in [0.1, 0.15) is 13.8 Å². The summed E-state index contributed by atoms with van der Waals surface area (Å²) in [5, 5.41) is 0. The van der Waals surface area contributed by atoms with E-state index >= 15 is 0 Å². The second-order valence-electron chi connectivity index (χ2n) is 2.13. The molecule has 1 heteroatoms. The summed E-state index contributed by atoms with van der Waals surface area (Å²) < 4.78 is 11.7. The van der Waals surface area contributed by atoms with Crippen molar-refractivity contribution in [2.24, 2.45) is 0 Å². The van der Waals surface area contributed by atoms with Crippen molar-refractivity contribution in [2.45, 2.75) is 13.8 Å². The highest BCUT2D eigenvalue weighted by atomic mass is 19.1. The molecule has 0 aromatic rings. The van der Waals surface area contributed by atoms with Crippen LogP contribution in [0.15, 0.2) is 36.0 Å². The van der Waals surface area contributed by atoms with Crippen molar-refractivity contribution in [3.05, 3.63) is 36.0 Å². The molecule has 0 heterocycles. The number of allylic oxidation sites excluding steroid dienone is 5. The first-order valence-electron chi connectivity index (χ1n) is 3.24. The highest BCUT2D eigenvalue weighted by Crippen LogP contribution is 2.07. The Bertz CT molecular complexity index is 164. The van der Waals surface area contributed by atoms with Crippen molar-refractivity contribution < 1.29 is 4.39 Å². The Morgan fingerprint density at radius 1 is 1.40 bits per heavy atom. The fourth-order valence-electron chi connectivity index (χ4n) is 0.585. The van der Waals surface area contributed by atoms with E-state index in [0.717, 1.165) is 11.1 Å². The molecule has 0 aliphatic carbocycles. The minimum atomic E-state index is -0.395. The number of alkyl halides is 1. The topological polar surface area (TPSA) is 0 Å². The van der Waals surface area contributed by atoms with Crippen LogP contribution in [0.2, 0.25) is 0 Å². The van der Waals surface area contributed by atoms with Gasteiger partial charge in [0, 0.05) is 0 Å². The van der Waals surface area contributed by atoms with Gasteiger partial charge < -0.3 is 0 Å². The molecule has 0 aromatic heterocycles. The summed E-state index contributed by atoms with van der Waals surface area (Å²) in [5.41, 5.74) is 2.04. The maximum absolute atomic E-state index is 11.7. The second kappa shape index (κ2) is 4.98. The van der Waals surface area contributed by atoms with E-state index in [1.807, 2.05) is 19.9 Å². The van der Waals surface area contributed by atoms with Gasteiger partial charge in [-0.15, -0.1) is 0 Å². The third-order valence-corrected chi connectivity index (χ3v) is 1.37. The molecule has 0 bridgehead atoms. The van der Waals surface area contributed by atoms with E-state index in [9.17, 15) is 4.39 Å². The molecule has 0 unspecified atom stereocenters. The molecule has 56 valence electrons. The minimum absolute atomic E-state index is 0.395. The Morgan fingerprint density at radius 2 is 2.00 bits per heavy atom. The van der Waals surface area contributed by atoms with Crippen LogP contribution < -0.4 is 0 Å². The largest absolute Gasteiger partial charge is 0.247 e. The van der Waals surface area contributed by atoms with E-state index in [4.69, 9.17) is 0 Å². The highest BCUT2D eigenvalue weighted by molar-refractivity contribution is 5.29. The fraction of sp³-hybridized carbons (Fsp3) is 0.333. The summed E-state index contributed by atoms with van der Waals surface area (Å²) in [6.07, 6.45) is 5.11. The van der Waals surface area contributed by atoms with Gasteiger partial charge in [-0.3, -0.25) is 0 Å². The molecule has 0 aliphatic heterocycles. The Morgan fingerprint density at radius 3 is 2.40 bits per heavy atom. The molecular formula is C9H13F. The first kappa shape index (κ1) is 9.15. The lowest BCUT2D eigenvalue weighted by atomic mass is 10.1. The number of rotatable bonds is 3. The highest BCUT2D eigenvalue weighted by Gasteiger charge is 1.88. The monoisotopic (exact) mass is 140 g/mol. The van der Waals surface area contributed by atoms with Gasteiger partial charge in [-0.05, 0) is 25.0 Å². The molecular weight excluding hydrogens is 127 g/mol. The van der Waals surface area contributed by atoms with Crippen LogP contribution in [0.3, 0.4) is 0 Å². The van der Waals surface area contributed by atoms with Gasteiger partial charge >= 0.3 is 0 Å². The van der Waals surface area contributed by atoms with Crippen molar-refractivity contribution in [3.63, 3.8) is 0 Å². The van der Waals surface area contributed by atoms with Crippen LogP contribution in [0.5, 0.6) is 0 Å². The Balaban J connectivity index is 4.19. The number of halogens is 1. The van der Waals surface area contributed by atoms with E-state index in [-0.39, 0.29) is 0 Å². The lowest BCUT2D eigenvalue weighted by Gasteiger charge is -1.96. The van der Waals surface area contributed by atoms with E-state index in [0.29, 0.717) is 0 Å². The Kier molecular flexibility index (Phi) is 4.55. The summed E-state index contributed by atoms with van der Waals surface area (Å²) >= 11 is 0. The smallest absolute Gasteiger partial charge is 0.108 e. The zero-order valence-corrected chi connectivity index (χ0v) is 6.52. The SMILES string of the molecule is C=C/C=C(C)\C(C)=C/CF. The minimum Gasteiger partial charge on any atom is -0.247 e. The zero-order valence-electron chi connectivity index (χ0n) is 6.52. The second-order valence-corrected chi connectivity index (χ2v) is 2.13. The maximum Gasteiger partial charge on any atom is 0.108 e. The number of hydrogen-bond acceptors (Lipinski definition) is 0. The van der Waals surface area contributed by atoms with Crippen molar-refractivity contribution in [3.8, 4) is 0 Å². The molecule has 0 saturated carbocycles. The maximum atomic E-state index is 11.7. The van der Waals surface area contributed by atoms with Crippen LogP contribution >= 0.6 is 0 Å². The van der Waals surface area contributed by atoms with E-state index in [1.54, 1.807) is 12.2 Å². The third kappa shape index (κ3) is 3.23. The Hall–Kier alpha value is -0.850. The van der Waals surface area contributed by atoms with Crippen LogP contribution in [0, 0.1) is 0 Å². The first-order valence-corrected chi connectivity index (χ1v) is 3.24. The molecule has 0 fully saturated rings. The predicted octanol–water partition coefficient (Wildman–Crippen LogP) is 3.03. The van der Waals surface area contributed by atoms with Crippen LogP contribution in [-0.2, 0) is 0 Å². The van der Waals surface area contributed by atoms with Gasteiger partial charge in [0.15, 0.2) is 0 Å². The van der Waals surface area contributed by atoms with Gasteiger partial charge in [-0.2, -0.15) is 0 Å². The molecule has 0 saturated heterocycles. The lowest BCUT2D eigenvalue weighted by Crippen LogP contribution is -1.79. The van der Waals surface area contributed by atoms with Crippen molar-refractivity contribution in [2.75, 3.05) is 6.67 Å². The summed E-state index contributed by atoms with van der Waals surface area (Å²) in [5.74, 6) is 0. The van der Waals surface area contributed by atoms with E-state index < -0.39 is 6.67 Å². The summed E-state index contributed by atoms with van der Waals surface area (Å²) in [6, 6.07) is 0. The summed E-state index contributed by atoms with van der Waals surface area (Å²) in [6.45, 7) is 6.97. The Labute approximate surface area is 61.8 Å². The summed E-state index contributed by atoms with van der Waals surface area (Å²) in [4.78, 5) is 0.